The van der Waals surface area contributed by atoms with Crippen LogP contribution in [-0.4, -0.2) is 30.9 Å². The van der Waals surface area contributed by atoms with Crippen molar-refractivity contribution in [1.82, 2.24) is 9.38 Å². The van der Waals surface area contributed by atoms with Gasteiger partial charge in [0.2, 0.25) is 11.5 Å². The summed E-state index contributed by atoms with van der Waals surface area (Å²) in [6, 6.07) is 5.30. The summed E-state index contributed by atoms with van der Waals surface area (Å²) in [6.07, 6.45) is 3.27. The molecule has 0 radical (unpaired) electrons. The normalized spacial score (nSPS) is 12.6. The van der Waals surface area contributed by atoms with E-state index in [4.69, 9.17) is 11.6 Å². The fourth-order valence-electron chi connectivity index (χ4n) is 2.41. The molecule has 0 fully saturated rings. The van der Waals surface area contributed by atoms with Crippen LogP contribution in [0.15, 0.2) is 30.6 Å². The number of carbonyl (C=O) groups is 1. The molecule has 0 bridgehead atoms. The molecule has 3 aromatic rings. The Kier molecular flexibility index (Phi) is 4.98. The summed E-state index contributed by atoms with van der Waals surface area (Å²) in [5.41, 5.74) is 0.626. The van der Waals surface area contributed by atoms with Gasteiger partial charge in [0.15, 0.2) is 4.47 Å². The SMILES string of the molecule is CCS(=O)CC(=O)c1c([O-])[n+](Cc2cnc(Cl)s2)c2ccccn12. The number of imidazole rings is 1. The van der Waals surface area contributed by atoms with Crippen molar-refractivity contribution >= 4 is 45.2 Å². The summed E-state index contributed by atoms with van der Waals surface area (Å²) in [5, 5.41) is 12.8. The van der Waals surface area contributed by atoms with Gasteiger partial charge in [0.25, 0.3) is 5.65 Å². The van der Waals surface area contributed by atoms with E-state index in [1.54, 1.807) is 41.9 Å². The van der Waals surface area contributed by atoms with Crippen molar-refractivity contribution in [3.05, 3.63) is 45.6 Å². The van der Waals surface area contributed by atoms with Gasteiger partial charge in [0.05, 0.1) is 16.8 Å². The Morgan fingerprint density at radius 1 is 1.50 bits per heavy atom. The van der Waals surface area contributed by atoms with Crippen LogP contribution in [0.3, 0.4) is 0 Å². The zero-order chi connectivity index (χ0) is 17.3. The van der Waals surface area contributed by atoms with E-state index in [0.29, 0.717) is 15.9 Å². The molecule has 0 aliphatic carbocycles. The predicted octanol–water partition coefficient (Wildman–Crippen LogP) is 1.41. The van der Waals surface area contributed by atoms with Gasteiger partial charge in [0.1, 0.15) is 12.4 Å². The first-order chi connectivity index (χ1) is 11.5. The number of pyridine rings is 1. The lowest BCUT2D eigenvalue weighted by molar-refractivity contribution is -0.704. The van der Waals surface area contributed by atoms with E-state index in [2.05, 4.69) is 4.98 Å². The number of nitrogens with zero attached hydrogens (tertiary/aromatic N) is 3. The van der Waals surface area contributed by atoms with E-state index >= 15 is 0 Å². The maximum Gasteiger partial charge on any atom is 0.286 e. The second kappa shape index (κ2) is 7.00. The smallest absolute Gasteiger partial charge is 0.286 e. The summed E-state index contributed by atoms with van der Waals surface area (Å²) < 4.78 is 15.2. The van der Waals surface area contributed by atoms with E-state index < -0.39 is 22.5 Å². The number of carbonyl (C=O) groups excluding carboxylic acids is 1. The quantitative estimate of drug-likeness (QED) is 0.476. The average Bonchev–Trinajstić information content (AvgIpc) is 3.09. The van der Waals surface area contributed by atoms with Crippen molar-refractivity contribution in [2.75, 3.05) is 11.5 Å². The van der Waals surface area contributed by atoms with Gasteiger partial charge in [-0.3, -0.25) is 9.00 Å². The van der Waals surface area contributed by atoms with E-state index in [1.807, 2.05) is 0 Å². The number of aromatic nitrogens is 3. The van der Waals surface area contributed by atoms with Crippen LogP contribution < -0.4 is 9.67 Å². The van der Waals surface area contributed by atoms with Crippen LogP contribution in [0.2, 0.25) is 4.47 Å². The van der Waals surface area contributed by atoms with Crippen LogP contribution in [-0.2, 0) is 17.3 Å². The Morgan fingerprint density at radius 3 is 2.96 bits per heavy atom. The number of Topliss-reactive ketones (excluding diaryl/α,β-unsaturated/α-hetero) is 1. The standard InChI is InChI=1S/C15H14ClN3O3S2/c1-2-24(22)9-11(20)13-14(21)19(8-10-7-17-15(16)23-10)12-5-3-4-6-18(12)13/h3-7H,2,8-9H2,1H3. The molecule has 0 N–H and O–H groups in total. The van der Waals surface area contributed by atoms with Gasteiger partial charge >= 0.3 is 0 Å². The summed E-state index contributed by atoms with van der Waals surface area (Å²) >= 11 is 7.12. The molecule has 0 amide bonds. The maximum atomic E-state index is 12.8. The lowest BCUT2D eigenvalue weighted by atomic mass is 10.3. The Hall–Kier alpha value is -1.77. The number of thiazole rings is 1. The molecule has 1 unspecified atom stereocenters. The van der Waals surface area contributed by atoms with Crippen molar-refractivity contribution in [2.45, 2.75) is 13.5 Å². The van der Waals surface area contributed by atoms with E-state index in [-0.39, 0.29) is 18.0 Å². The third-order valence-electron chi connectivity index (χ3n) is 3.52. The molecule has 3 rings (SSSR count). The number of halogens is 1. The van der Waals surface area contributed by atoms with Crippen LogP contribution in [0.25, 0.3) is 5.65 Å². The highest BCUT2D eigenvalue weighted by atomic mass is 35.5. The lowest BCUT2D eigenvalue weighted by Crippen LogP contribution is -2.36. The van der Waals surface area contributed by atoms with E-state index in [9.17, 15) is 14.1 Å². The monoisotopic (exact) mass is 383 g/mol. The molecule has 1 atom stereocenters. The van der Waals surface area contributed by atoms with Crippen LogP contribution >= 0.6 is 22.9 Å². The van der Waals surface area contributed by atoms with Gasteiger partial charge in [0, 0.05) is 28.8 Å². The molecule has 0 aliphatic heterocycles. The Labute approximate surface area is 149 Å². The summed E-state index contributed by atoms with van der Waals surface area (Å²) in [6.45, 7) is 2.02. The molecule has 126 valence electrons. The fraction of sp³-hybridized carbons (Fsp3) is 0.267. The highest BCUT2D eigenvalue weighted by Crippen LogP contribution is 2.20. The van der Waals surface area contributed by atoms with Crippen molar-refractivity contribution in [2.24, 2.45) is 0 Å². The highest BCUT2D eigenvalue weighted by molar-refractivity contribution is 7.85. The average molecular weight is 384 g/mol. The first-order valence-electron chi connectivity index (χ1n) is 7.19. The Balaban J connectivity index is 2.08. The summed E-state index contributed by atoms with van der Waals surface area (Å²) in [7, 11) is -1.27. The van der Waals surface area contributed by atoms with Gasteiger partial charge in [-0.1, -0.05) is 24.6 Å². The van der Waals surface area contributed by atoms with E-state index in [1.165, 1.54) is 15.9 Å². The molecular formula is C15H14ClN3O3S2. The third kappa shape index (κ3) is 3.22. The lowest BCUT2D eigenvalue weighted by Gasteiger charge is -2.05. The van der Waals surface area contributed by atoms with Gasteiger partial charge in [-0.05, 0) is 6.07 Å². The largest absolute Gasteiger partial charge is 0.839 e. The maximum absolute atomic E-state index is 12.8. The molecule has 0 aliphatic rings. The second-order valence-corrected chi connectivity index (χ2v) is 8.49. The fourth-order valence-corrected chi connectivity index (χ4v) is 4.01. The van der Waals surface area contributed by atoms with Crippen molar-refractivity contribution < 1.29 is 18.7 Å². The predicted molar refractivity (Wildman–Crippen MR) is 91.1 cm³/mol. The minimum Gasteiger partial charge on any atom is -0.839 e. The minimum absolute atomic E-state index is 0.0306. The van der Waals surface area contributed by atoms with Crippen LogP contribution in [0.5, 0.6) is 5.88 Å². The molecule has 0 aromatic carbocycles. The molecule has 3 aromatic heterocycles. The number of hydrogen-bond acceptors (Lipinski definition) is 5. The second-order valence-electron chi connectivity index (χ2n) is 5.04. The van der Waals surface area contributed by atoms with Crippen molar-refractivity contribution in [3.8, 4) is 5.88 Å². The number of hydrogen-bond donors (Lipinski definition) is 0. The van der Waals surface area contributed by atoms with Crippen LogP contribution in [0, 0.1) is 0 Å². The van der Waals surface area contributed by atoms with Crippen molar-refractivity contribution in [3.63, 3.8) is 0 Å². The molecule has 6 nitrogen and oxygen atoms in total. The number of ketones is 1. The van der Waals surface area contributed by atoms with Crippen molar-refractivity contribution in [1.29, 1.82) is 0 Å². The highest BCUT2D eigenvalue weighted by Gasteiger charge is 2.26. The first-order valence-corrected chi connectivity index (χ1v) is 9.87. The van der Waals surface area contributed by atoms with Gasteiger partial charge in [-0.2, -0.15) is 4.40 Å². The minimum atomic E-state index is -1.27. The Morgan fingerprint density at radius 2 is 2.29 bits per heavy atom. The topological polar surface area (TPSA) is 78.4 Å². The van der Waals surface area contributed by atoms with Gasteiger partial charge in [-0.25, -0.2) is 9.55 Å². The van der Waals surface area contributed by atoms with Crippen LogP contribution in [0.4, 0.5) is 0 Å². The zero-order valence-corrected chi connectivity index (χ0v) is 15.2. The first kappa shape index (κ1) is 17.1. The third-order valence-corrected chi connectivity index (χ3v) is 5.85. The Bertz CT molecular complexity index is 935. The molecule has 0 saturated carbocycles. The van der Waals surface area contributed by atoms with E-state index in [0.717, 1.165) is 4.88 Å². The molecule has 9 heteroatoms. The molecule has 3 heterocycles. The number of fused-ring (bicyclic) bond motifs is 1. The molecule has 24 heavy (non-hydrogen) atoms. The van der Waals surface area contributed by atoms with Crippen LogP contribution in [0.1, 0.15) is 22.3 Å². The summed E-state index contributed by atoms with van der Waals surface area (Å²) in [5.74, 6) is -0.590. The molecular weight excluding hydrogens is 370 g/mol. The summed E-state index contributed by atoms with van der Waals surface area (Å²) in [4.78, 5) is 17.2. The van der Waals surface area contributed by atoms with Gasteiger partial charge in [-0.15, -0.1) is 11.3 Å². The van der Waals surface area contributed by atoms with Gasteiger partial charge < -0.3 is 5.11 Å². The number of rotatable bonds is 6. The molecule has 0 spiro atoms. The zero-order valence-electron chi connectivity index (χ0n) is 12.8. The molecule has 0 saturated heterocycles.